The zero-order chi connectivity index (χ0) is 53.7. The average Bonchev–Trinajstić information content (AvgIpc) is 3.80. The van der Waals surface area contributed by atoms with E-state index in [-0.39, 0.29) is 47.5 Å². The number of esters is 1. The van der Waals surface area contributed by atoms with Crippen molar-refractivity contribution < 1.29 is 105 Å². The van der Waals surface area contributed by atoms with Gasteiger partial charge >= 0.3 is 16.4 Å². The number of ether oxygens (including phenoxy) is 9. The van der Waals surface area contributed by atoms with Gasteiger partial charge in [-0.05, 0) is 87.4 Å². The second-order valence-electron chi connectivity index (χ2n) is 23.5. The molecule has 9 rings (SSSR count). The summed E-state index contributed by atoms with van der Waals surface area (Å²) in [6.45, 7) is 17.1. The zero-order valence-electron chi connectivity index (χ0n) is 43.2. The van der Waals surface area contributed by atoms with E-state index < -0.39 is 151 Å². The van der Waals surface area contributed by atoms with Gasteiger partial charge in [-0.3, -0.25) is 4.55 Å². The number of allylic oxidation sites excluding steroid dienone is 1. The Labute approximate surface area is 432 Å². The Balaban J connectivity index is 1.03. The van der Waals surface area contributed by atoms with Crippen molar-refractivity contribution >= 4 is 16.4 Å². The van der Waals surface area contributed by atoms with E-state index in [1.807, 2.05) is 0 Å². The average molecular weight is 1080 g/mol. The molecule has 5 aliphatic heterocycles. The van der Waals surface area contributed by atoms with Crippen LogP contribution in [0.3, 0.4) is 0 Å². The van der Waals surface area contributed by atoms with Crippen molar-refractivity contribution in [1.82, 2.24) is 0 Å². The molecule has 3 saturated carbocycles. The van der Waals surface area contributed by atoms with Crippen molar-refractivity contribution in [3.05, 3.63) is 23.8 Å². The van der Waals surface area contributed by atoms with E-state index in [2.05, 4.69) is 33.4 Å². The highest BCUT2D eigenvalue weighted by Crippen LogP contribution is 2.71. The molecule has 0 bridgehead atoms. The van der Waals surface area contributed by atoms with Gasteiger partial charge in [-0.25, -0.2) is 8.98 Å². The van der Waals surface area contributed by atoms with Gasteiger partial charge in [-0.1, -0.05) is 64.8 Å². The molecule has 0 aromatic heterocycles. The summed E-state index contributed by atoms with van der Waals surface area (Å²) in [4.78, 5) is 12.7. The van der Waals surface area contributed by atoms with Gasteiger partial charge in [-0.2, -0.15) is 8.42 Å². The summed E-state index contributed by atoms with van der Waals surface area (Å²) < 4.78 is 95.7. The molecule has 23 heteroatoms. The molecule has 1 spiro atoms. The van der Waals surface area contributed by atoms with Crippen LogP contribution < -0.4 is 0 Å². The van der Waals surface area contributed by atoms with Gasteiger partial charge in [0.15, 0.2) is 30.8 Å². The monoisotopic (exact) mass is 1080 g/mol. The molecule has 9 aliphatic rings. The number of carbonyl (C=O) groups is 1. The molecule has 28 atom stereocenters. The van der Waals surface area contributed by atoms with Crippen LogP contribution >= 0.6 is 0 Å². The summed E-state index contributed by atoms with van der Waals surface area (Å²) in [6, 6.07) is 0. The Morgan fingerprint density at radius 2 is 1.51 bits per heavy atom. The highest BCUT2D eigenvalue weighted by atomic mass is 32.3. The summed E-state index contributed by atoms with van der Waals surface area (Å²) >= 11 is 0. The Kier molecular flexibility index (Phi) is 16.4. The van der Waals surface area contributed by atoms with E-state index in [0.29, 0.717) is 25.9 Å². The molecule has 0 amide bonds. The van der Waals surface area contributed by atoms with Crippen molar-refractivity contribution in [1.29, 1.82) is 0 Å². The Morgan fingerprint density at radius 3 is 2.18 bits per heavy atom. The predicted molar refractivity (Wildman–Crippen MR) is 254 cm³/mol. The molecule has 0 unspecified atom stereocenters. The first-order chi connectivity index (χ1) is 34.7. The summed E-state index contributed by atoms with van der Waals surface area (Å²) in [6.07, 6.45) is -19.8. The summed E-state index contributed by atoms with van der Waals surface area (Å²) in [5.74, 6) is -1.26. The van der Waals surface area contributed by atoms with E-state index in [1.165, 1.54) is 13.8 Å². The molecule has 0 aromatic rings. The molecule has 5 heterocycles. The molecule has 4 aliphatic carbocycles. The van der Waals surface area contributed by atoms with Gasteiger partial charge in [0.25, 0.3) is 0 Å². The van der Waals surface area contributed by atoms with Crippen LogP contribution in [-0.4, -0.2) is 195 Å². The number of hydrogen-bond acceptors (Lipinski definition) is 21. The van der Waals surface area contributed by atoms with Crippen LogP contribution in [0.1, 0.15) is 106 Å². The van der Waals surface area contributed by atoms with Crippen LogP contribution in [0.4, 0.5) is 0 Å². The Bertz CT molecular complexity index is 2170. The van der Waals surface area contributed by atoms with E-state index in [1.54, 1.807) is 13.8 Å². The topological polar surface area (TPSA) is 326 Å². The van der Waals surface area contributed by atoms with Gasteiger partial charge < -0.3 is 83.5 Å². The van der Waals surface area contributed by atoms with E-state index >= 15 is 0 Å². The second kappa shape index (κ2) is 21.3. The third-order valence-electron chi connectivity index (χ3n) is 19.3. The number of aliphatic hydroxyl groups excluding tert-OH is 8. The van der Waals surface area contributed by atoms with Crippen LogP contribution in [0.25, 0.3) is 0 Å². The highest BCUT2D eigenvalue weighted by molar-refractivity contribution is 7.80. The number of aliphatic hydroxyl groups is 8. The van der Waals surface area contributed by atoms with Crippen molar-refractivity contribution in [3.63, 3.8) is 0 Å². The second-order valence-corrected chi connectivity index (χ2v) is 24.5. The fourth-order valence-corrected chi connectivity index (χ4v) is 15.4. The number of fused-ring (bicyclic) bond motifs is 7. The quantitative estimate of drug-likeness (QED) is 0.0703. The van der Waals surface area contributed by atoms with Gasteiger partial charge in [0.05, 0.1) is 37.1 Å². The standard InChI is InChI=1S/C51H80O22S/c1-9-22(3)35(52)45(60)64-20-32-37(54)39(56)41(58)47(69-32)68-27-16-26-10-11-28-29(13-14-49(7)30(28)18-31-34(49)23(4)51(72-31)15-12-21(2)19-65-51)50(26,8)33(17-27)70-48-44(42(59)43(25(6)67-48)73-74(61,62)63)71-46-40(57)38(55)36(53)24(5)66-46/h10,22-25,27-44,46-48,52-59H,2,9,11-20H2,1,3-8H3,(H,61,62,63)/t22-,23-,24-,25+,27+,28+,29-,30-,31-,32+,33+,34-,35+,36-,37+,38+,39-,40+,41+,42-,43-,44+,46-,47+,48-,49-,50-,51+/m0/s1. The predicted octanol–water partition coefficient (Wildman–Crippen LogP) is 0.918. The molecule has 9 N–H and O–H groups in total. The molecule has 22 nitrogen and oxygen atoms in total. The molecular weight excluding hydrogens is 997 g/mol. The van der Waals surface area contributed by atoms with Crippen LogP contribution in [-0.2, 0) is 62.0 Å². The van der Waals surface area contributed by atoms with Crippen molar-refractivity contribution in [2.45, 2.75) is 229 Å². The smallest absolute Gasteiger partial charge is 0.397 e. The van der Waals surface area contributed by atoms with Crippen molar-refractivity contribution in [2.24, 2.45) is 46.3 Å². The molecule has 422 valence electrons. The fourth-order valence-electron chi connectivity index (χ4n) is 14.8. The van der Waals surface area contributed by atoms with Gasteiger partial charge in [0.1, 0.15) is 67.6 Å². The lowest BCUT2D eigenvalue weighted by Crippen LogP contribution is -2.65. The lowest BCUT2D eigenvalue weighted by molar-refractivity contribution is -0.371. The number of hydrogen-bond donors (Lipinski definition) is 9. The molecule has 0 radical (unpaired) electrons. The lowest BCUT2D eigenvalue weighted by atomic mass is 9.46. The van der Waals surface area contributed by atoms with Crippen LogP contribution in [0, 0.1) is 46.3 Å². The van der Waals surface area contributed by atoms with Crippen molar-refractivity contribution in [2.75, 3.05) is 13.2 Å². The maximum absolute atomic E-state index is 12.7. The number of carbonyl (C=O) groups excluding carboxylic acids is 1. The minimum Gasteiger partial charge on any atom is -0.461 e. The van der Waals surface area contributed by atoms with E-state index in [4.69, 9.17) is 46.8 Å². The minimum atomic E-state index is -5.19. The lowest BCUT2D eigenvalue weighted by Gasteiger charge is -2.61. The molecule has 74 heavy (non-hydrogen) atoms. The highest BCUT2D eigenvalue weighted by Gasteiger charge is 2.70. The third-order valence-corrected chi connectivity index (χ3v) is 19.8. The summed E-state index contributed by atoms with van der Waals surface area (Å²) in [5, 5.41) is 88.1. The van der Waals surface area contributed by atoms with E-state index in [9.17, 15) is 58.6 Å². The number of rotatable bonds is 13. The largest absolute Gasteiger partial charge is 0.461 e. The third kappa shape index (κ3) is 10.1. The van der Waals surface area contributed by atoms with Gasteiger partial charge in [-0.15, -0.1) is 0 Å². The fraction of sp³-hybridized carbons (Fsp3) is 0.902. The normalized spacial score (nSPS) is 51.3. The Hall–Kier alpha value is -1.82. The first-order valence-electron chi connectivity index (χ1n) is 26.6. The molecular formula is C51H80O22S. The van der Waals surface area contributed by atoms with Crippen LogP contribution in [0.2, 0.25) is 0 Å². The maximum atomic E-state index is 12.7. The molecule has 8 fully saturated rings. The van der Waals surface area contributed by atoms with Crippen molar-refractivity contribution in [3.8, 4) is 0 Å². The van der Waals surface area contributed by atoms with E-state index in [0.717, 1.165) is 43.3 Å². The SMILES string of the molecule is C=C1CC[C@@]2(OC1)O[C@H]1C[C@H]3[C@@H]4CC=C5C[C@@H](O[C@@H]6O[C@H](COC(=O)[C@H](O)[C@@H](C)CC)[C@@H](O)[C@H](O)[C@H]6O)C[C@@H](O[C@@H]6O[C@H](C)[C@H](OS(=O)(=O)O)[C@H](O)[C@H]6O[C@@H]6O[C@@H](C)[C@H](O)[C@@H](O)[C@H]6O)[C@]5(C)[C@H]4CC[C@]3(C)[C@H]1[C@@H]2C. The Morgan fingerprint density at radius 1 is 0.838 bits per heavy atom. The molecule has 5 saturated heterocycles. The summed E-state index contributed by atoms with van der Waals surface area (Å²) in [5.41, 5.74) is 1.12. The minimum absolute atomic E-state index is 0.0101. The van der Waals surface area contributed by atoms with Gasteiger partial charge in [0.2, 0.25) is 0 Å². The first kappa shape index (κ1) is 56.9. The molecule has 0 aromatic carbocycles. The van der Waals surface area contributed by atoms with Crippen LogP contribution in [0.15, 0.2) is 23.8 Å². The zero-order valence-corrected chi connectivity index (χ0v) is 44.1. The van der Waals surface area contributed by atoms with Crippen LogP contribution in [0.5, 0.6) is 0 Å². The summed E-state index contributed by atoms with van der Waals surface area (Å²) in [7, 11) is -5.19. The van der Waals surface area contributed by atoms with Gasteiger partial charge in [0, 0.05) is 24.2 Å². The maximum Gasteiger partial charge on any atom is 0.397 e. The first-order valence-corrected chi connectivity index (χ1v) is 28.0.